The predicted molar refractivity (Wildman–Crippen MR) is 65.7 cm³/mol. The second-order valence-corrected chi connectivity index (χ2v) is 3.68. The Labute approximate surface area is 101 Å². The fraction of sp³-hybridized carbons (Fsp3) is 0.500. The Hall–Kier alpha value is -1.46. The van der Waals surface area contributed by atoms with Gasteiger partial charge in [0.25, 0.3) is 0 Å². The first-order valence-electron chi connectivity index (χ1n) is 5.43. The summed E-state index contributed by atoms with van der Waals surface area (Å²) in [5.41, 5.74) is 0.747. The zero-order valence-electron chi connectivity index (χ0n) is 10.2. The van der Waals surface area contributed by atoms with Crippen LogP contribution in [0.2, 0.25) is 0 Å². The number of methoxy groups -OCH3 is 2. The van der Waals surface area contributed by atoms with Crippen LogP contribution in [0.4, 0.5) is 5.69 Å². The highest BCUT2D eigenvalue weighted by Gasteiger charge is 2.08. The molecule has 5 heteroatoms. The number of hydrogen-bond acceptors (Lipinski definition) is 5. The molecule has 0 radical (unpaired) electrons. The number of phenolic OH excluding ortho intramolecular Hbond substituents is 2. The summed E-state index contributed by atoms with van der Waals surface area (Å²) in [7, 11) is 3.27. The van der Waals surface area contributed by atoms with E-state index in [2.05, 4.69) is 0 Å². The van der Waals surface area contributed by atoms with E-state index in [0.717, 1.165) is 5.69 Å². The molecule has 2 N–H and O–H groups in total. The second-order valence-electron chi connectivity index (χ2n) is 3.68. The second kappa shape index (κ2) is 6.98. The van der Waals surface area contributed by atoms with Crippen LogP contribution in [-0.2, 0) is 9.47 Å². The summed E-state index contributed by atoms with van der Waals surface area (Å²) in [6.07, 6.45) is 0. The van der Waals surface area contributed by atoms with Gasteiger partial charge in [-0.15, -0.1) is 0 Å². The molecule has 0 saturated carbocycles. The van der Waals surface area contributed by atoms with Crippen LogP contribution in [-0.4, -0.2) is 50.7 Å². The summed E-state index contributed by atoms with van der Waals surface area (Å²) in [6.45, 7) is 2.48. The van der Waals surface area contributed by atoms with Crippen molar-refractivity contribution < 1.29 is 19.7 Å². The number of ether oxygens (including phenoxy) is 2. The molecule has 0 amide bonds. The maximum atomic E-state index is 9.44. The predicted octanol–water partition coefficient (Wildman–Crippen LogP) is 1.20. The van der Waals surface area contributed by atoms with Gasteiger partial charge < -0.3 is 24.6 Å². The molecule has 0 spiro atoms. The van der Waals surface area contributed by atoms with E-state index in [0.29, 0.717) is 26.3 Å². The molecule has 0 aliphatic rings. The molecule has 0 bridgehead atoms. The highest BCUT2D eigenvalue weighted by atomic mass is 16.5. The van der Waals surface area contributed by atoms with Gasteiger partial charge in [-0.1, -0.05) is 0 Å². The van der Waals surface area contributed by atoms with Crippen LogP contribution in [0.5, 0.6) is 11.5 Å². The average Bonchev–Trinajstić information content (AvgIpc) is 2.28. The molecule has 0 saturated heterocycles. The molecule has 0 fully saturated rings. The van der Waals surface area contributed by atoms with Crippen molar-refractivity contribution in [2.75, 3.05) is 45.4 Å². The summed E-state index contributed by atoms with van der Waals surface area (Å²) < 4.78 is 10.1. The van der Waals surface area contributed by atoms with Gasteiger partial charge in [0.05, 0.1) is 13.2 Å². The molecule has 0 aliphatic heterocycles. The Balaban J connectivity index is 2.78. The maximum absolute atomic E-state index is 9.44. The molecule has 1 aromatic carbocycles. The minimum atomic E-state index is 0.0415. The van der Waals surface area contributed by atoms with Crippen molar-refractivity contribution in [3.8, 4) is 11.5 Å². The van der Waals surface area contributed by atoms with Gasteiger partial charge in [0.1, 0.15) is 11.5 Å². The van der Waals surface area contributed by atoms with Crippen LogP contribution in [0.1, 0.15) is 0 Å². The SMILES string of the molecule is COCCN(CCOC)c1cc(O)cc(O)c1. The zero-order valence-corrected chi connectivity index (χ0v) is 10.2. The molecule has 0 atom stereocenters. The smallest absolute Gasteiger partial charge is 0.121 e. The summed E-state index contributed by atoms with van der Waals surface area (Å²) in [6, 6.07) is 4.50. The lowest BCUT2D eigenvalue weighted by Gasteiger charge is -2.24. The van der Waals surface area contributed by atoms with Gasteiger partial charge >= 0.3 is 0 Å². The first-order chi connectivity index (χ1) is 8.17. The van der Waals surface area contributed by atoms with Crippen LogP contribution in [0.15, 0.2) is 18.2 Å². The molecular weight excluding hydrogens is 222 g/mol. The third kappa shape index (κ3) is 4.50. The van der Waals surface area contributed by atoms with E-state index < -0.39 is 0 Å². The number of phenols is 2. The van der Waals surface area contributed by atoms with Gasteiger partial charge in [-0.3, -0.25) is 0 Å². The topological polar surface area (TPSA) is 62.2 Å². The van der Waals surface area contributed by atoms with Crippen molar-refractivity contribution in [3.05, 3.63) is 18.2 Å². The van der Waals surface area contributed by atoms with Crippen molar-refractivity contribution in [3.63, 3.8) is 0 Å². The minimum absolute atomic E-state index is 0.0415. The van der Waals surface area contributed by atoms with E-state index in [4.69, 9.17) is 9.47 Å². The van der Waals surface area contributed by atoms with Gasteiger partial charge in [0.15, 0.2) is 0 Å². The standard InChI is InChI=1S/C12H19NO4/c1-16-5-3-13(4-6-17-2)10-7-11(14)9-12(15)8-10/h7-9,14-15H,3-6H2,1-2H3. The Morgan fingerprint density at radius 3 is 1.82 bits per heavy atom. The number of hydrogen-bond donors (Lipinski definition) is 2. The summed E-state index contributed by atoms with van der Waals surface area (Å²) >= 11 is 0. The summed E-state index contributed by atoms with van der Waals surface area (Å²) in [4.78, 5) is 1.98. The fourth-order valence-corrected chi connectivity index (χ4v) is 1.54. The zero-order chi connectivity index (χ0) is 12.7. The van der Waals surface area contributed by atoms with Gasteiger partial charge in [-0.2, -0.15) is 0 Å². The molecule has 96 valence electrons. The third-order valence-electron chi connectivity index (χ3n) is 2.38. The van der Waals surface area contributed by atoms with Crippen molar-refractivity contribution in [1.29, 1.82) is 0 Å². The minimum Gasteiger partial charge on any atom is -0.508 e. The van der Waals surface area contributed by atoms with E-state index in [1.807, 2.05) is 4.90 Å². The molecule has 17 heavy (non-hydrogen) atoms. The van der Waals surface area contributed by atoms with Crippen molar-refractivity contribution in [2.24, 2.45) is 0 Å². The molecule has 0 heterocycles. The monoisotopic (exact) mass is 241 g/mol. The number of benzene rings is 1. The van der Waals surface area contributed by atoms with Crippen LogP contribution in [0, 0.1) is 0 Å². The van der Waals surface area contributed by atoms with Crippen LogP contribution >= 0.6 is 0 Å². The Morgan fingerprint density at radius 1 is 0.941 bits per heavy atom. The Kier molecular flexibility index (Phi) is 5.59. The lowest BCUT2D eigenvalue weighted by atomic mass is 10.2. The van der Waals surface area contributed by atoms with E-state index in [1.54, 1.807) is 26.4 Å². The van der Waals surface area contributed by atoms with Gasteiger partial charge in [0, 0.05) is 51.2 Å². The number of nitrogens with zero attached hydrogens (tertiary/aromatic N) is 1. The van der Waals surface area contributed by atoms with E-state index in [-0.39, 0.29) is 11.5 Å². The molecule has 1 rings (SSSR count). The molecule has 0 unspecified atom stereocenters. The van der Waals surface area contributed by atoms with Gasteiger partial charge in [-0.05, 0) is 0 Å². The van der Waals surface area contributed by atoms with E-state index in [9.17, 15) is 10.2 Å². The molecular formula is C12H19NO4. The summed E-state index contributed by atoms with van der Waals surface area (Å²) in [5, 5.41) is 18.9. The number of anilines is 1. The van der Waals surface area contributed by atoms with Crippen molar-refractivity contribution in [1.82, 2.24) is 0 Å². The Bertz CT molecular complexity index is 315. The molecule has 0 aliphatic carbocycles. The van der Waals surface area contributed by atoms with E-state index >= 15 is 0 Å². The van der Waals surface area contributed by atoms with Gasteiger partial charge in [-0.25, -0.2) is 0 Å². The molecule has 1 aromatic rings. The lowest BCUT2D eigenvalue weighted by Crippen LogP contribution is -2.30. The average molecular weight is 241 g/mol. The van der Waals surface area contributed by atoms with Gasteiger partial charge in [0.2, 0.25) is 0 Å². The third-order valence-corrected chi connectivity index (χ3v) is 2.38. The molecule has 5 nitrogen and oxygen atoms in total. The number of rotatable bonds is 7. The van der Waals surface area contributed by atoms with Crippen LogP contribution in [0.25, 0.3) is 0 Å². The van der Waals surface area contributed by atoms with Crippen molar-refractivity contribution >= 4 is 5.69 Å². The van der Waals surface area contributed by atoms with E-state index in [1.165, 1.54) is 6.07 Å². The highest BCUT2D eigenvalue weighted by molar-refractivity contribution is 5.54. The Morgan fingerprint density at radius 2 is 1.41 bits per heavy atom. The van der Waals surface area contributed by atoms with Crippen LogP contribution in [0.3, 0.4) is 0 Å². The lowest BCUT2D eigenvalue weighted by molar-refractivity contribution is 0.190. The van der Waals surface area contributed by atoms with Crippen LogP contribution < -0.4 is 4.90 Å². The first kappa shape index (κ1) is 13.6. The quantitative estimate of drug-likeness (QED) is 0.751. The highest BCUT2D eigenvalue weighted by Crippen LogP contribution is 2.26. The molecule has 0 aromatic heterocycles. The normalized spacial score (nSPS) is 10.5. The summed E-state index contributed by atoms with van der Waals surface area (Å²) in [5.74, 6) is 0.0830. The first-order valence-corrected chi connectivity index (χ1v) is 5.43. The maximum Gasteiger partial charge on any atom is 0.121 e. The van der Waals surface area contributed by atoms with Crippen molar-refractivity contribution in [2.45, 2.75) is 0 Å². The fourth-order valence-electron chi connectivity index (χ4n) is 1.54. The largest absolute Gasteiger partial charge is 0.508 e. The number of aromatic hydroxyl groups is 2.